The minimum absolute atomic E-state index is 0.117. The number of halogens is 1. The molecule has 0 atom stereocenters. The summed E-state index contributed by atoms with van der Waals surface area (Å²) in [4.78, 5) is 1.29. The molecule has 1 aromatic heterocycles. The number of aromatic nitrogens is 4. The maximum atomic E-state index is 10.5. The molecular weight excluding hydrogens is 204 g/mol. The van der Waals surface area contributed by atoms with E-state index in [0.717, 1.165) is 0 Å². The molecule has 0 spiro atoms. The first-order chi connectivity index (χ1) is 5.51. The van der Waals surface area contributed by atoms with E-state index < -0.39 is 9.05 Å². The Hall–Kier alpha value is -0.690. The van der Waals surface area contributed by atoms with E-state index in [9.17, 15) is 8.42 Å². The third-order valence-electron chi connectivity index (χ3n) is 1.08. The lowest BCUT2D eigenvalue weighted by Gasteiger charge is -1.87. The molecule has 0 aliphatic carbocycles. The summed E-state index contributed by atoms with van der Waals surface area (Å²) in [5.74, 6) is -0.263. The first kappa shape index (κ1) is 9.40. The molecule has 6 nitrogen and oxygen atoms in total. The summed E-state index contributed by atoms with van der Waals surface area (Å²) in [5, 5.41) is 10.8. The van der Waals surface area contributed by atoms with Crippen molar-refractivity contribution in [1.82, 2.24) is 20.2 Å². The van der Waals surface area contributed by atoms with Gasteiger partial charge in [0, 0.05) is 10.7 Å². The van der Waals surface area contributed by atoms with Gasteiger partial charge in [-0.3, -0.25) is 0 Å². The number of hydrogen-bond donors (Lipinski definition) is 0. The zero-order valence-corrected chi connectivity index (χ0v) is 7.88. The van der Waals surface area contributed by atoms with Crippen molar-refractivity contribution in [3.63, 3.8) is 0 Å². The number of nitrogens with zero attached hydrogens (tertiary/aromatic N) is 4. The summed E-state index contributed by atoms with van der Waals surface area (Å²) in [6.45, 7) is 2.37. The first-order valence-electron chi connectivity index (χ1n) is 3.20. The van der Waals surface area contributed by atoms with Gasteiger partial charge in [0.05, 0.1) is 6.54 Å². The maximum Gasteiger partial charge on any atom is 0.240 e. The molecule has 0 saturated carbocycles. The van der Waals surface area contributed by atoms with E-state index in [1.165, 1.54) is 4.80 Å². The van der Waals surface area contributed by atoms with Gasteiger partial charge >= 0.3 is 0 Å². The molecule has 0 aliphatic rings. The topological polar surface area (TPSA) is 77.7 Å². The van der Waals surface area contributed by atoms with E-state index in [0.29, 0.717) is 6.54 Å². The van der Waals surface area contributed by atoms with E-state index in [1.807, 2.05) is 6.92 Å². The molecule has 0 N–H and O–H groups in total. The fraction of sp³-hybridized carbons (Fsp3) is 0.750. The molecule has 0 aliphatic heterocycles. The Kier molecular flexibility index (Phi) is 2.63. The van der Waals surface area contributed by atoms with E-state index in [1.54, 1.807) is 0 Å². The number of hydrogen-bond acceptors (Lipinski definition) is 5. The van der Waals surface area contributed by atoms with Gasteiger partial charge in [0.15, 0.2) is 5.82 Å². The molecule has 68 valence electrons. The Bertz CT molecular complexity index is 359. The zero-order valence-electron chi connectivity index (χ0n) is 6.31. The Labute approximate surface area is 73.9 Å². The van der Waals surface area contributed by atoms with Crippen LogP contribution in [0.4, 0.5) is 0 Å². The third-order valence-corrected chi connectivity index (χ3v) is 2.01. The van der Waals surface area contributed by atoms with Crippen molar-refractivity contribution in [2.24, 2.45) is 0 Å². The molecule has 1 rings (SSSR count). The van der Waals surface area contributed by atoms with Crippen molar-refractivity contribution in [2.75, 3.05) is 0 Å². The van der Waals surface area contributed by atoms with Crippen molar-refractivity contribution in [3.05, 3.63) is 5.82 Å². The van der Waals surface area contributed by atoms with Crippen LogP contribution in [-0.2, 0) is 21.3 Å². The van der Waals surface area contributed by atoms with Crippen LogP contribution in [0.5, 0.6) is 0 Å². The van der Waals surface area contributed by atoms with Gasteiger partial charge in [0.2, 0.25) is 9.05 Å². The minimum atomic E-state index is -3.58. The smallest absolute Gasteiger partial charge is 0.212 e. The second-order valence-corrected chi connectivity index (χ2v) is 4.85. The van der Waals surface area contributed by atoms with Crippen LogP contribution in [0.1, 0.15) is 12.7 Å². The lowest BCUT2D eigenvalue weighted by molar-refractivity contribution is 0.550. The highest BCUT2D eigenvalue weighted by molar-refractivity contribution is 8.13. The van der Waals surface area contributed by atoms with Crippen LogP contribution in [0.25, 0.3) is 0 Å². The molecule has 8 heteroatoms. The van der Waals surface area contributed by atoms with E-state index >= 15 is 0 Å². The highest BCUT2D eigenvalue weighted by Gasteiger charge is 2.11. The lowest BCUT2D eigenvalue weighted by Crippen LogP contribution is -2.01. The van der Waals surface area contributed by atoms with Gasteiger partial charge in [-0.1, -0.05) is 0 Å². The molecule has 0 aromatic carbocycles. The molecular formula is C4H7ClN4O2S. The van der Waals surface area contributed by atoms with Crippen LogP contribution in [0, 0.1) is 0 Å². The number of tetrazole rings is 1. The van der Waals surface area contributed by atoms with Crippen LogP contribution in [0.3, 0.4) is 0 Å². The number of aryl methyl sites for hydroxylation is 1. The van der Waals surface area contributed by atoms with Crippen LogP contribution in [0.2, 0.25) is 0 Å². The van der Waals surface area contributed by atoms with Crippen molar-refractivity contribution >= 4 is 19.7 Å². The van der Waals surface area contributed by atoms with E-state index in [2.05, 4.69) is 15.4 Å². The largest absolute Gasteiger partial charge is 0.240 e. The summed E-state index contributed by atoms with van der Waals surface area (Å²) in [6, 6.07) is 0. The van der Waals surface area contributed by atoms with Crippen molar-refractivity contribution in [1.29, 1.82) is 0 Å². The molecule has 1 aromatic rings. The maximum absolute atomic E-state index is 10.5. The Morgan fingerprint density at radius 1 is 1.58 bits per heavy atom. The van der Waals surface area contributed by atoms with Crippen LogP contribution in [-0.4, -0.2) is 28.6 Å². The standard InChI is InChI=1S/C4H7ClN4O2S/c1-2-9-7-4(6-8-9)3-12(5,10)11/h2-3H2,1H3. The second kappa shape index (κ2) is 3.36. The van der Waals surface area contributed by atoms with Gasteiger partial charge < -0.3 is 0 Å². The van der Waals surface area contributed by atoms with Crippen LogP contribution >= 0.6 is 10.7 Å². The molecule has 0 amide bonds. The highest BCUT2D eigenvalue weighted by Crippen LogP contribution is 2.02. The fourth-order valence-corrected chi connectivity index (χ4v) is 1.34. The van der Waals surface area contributed by atoms with Gasteiger partial charge in [0.25, 0.3) is 0 Å². The average molecular weight is 211 g/mol. The monoisotopic (exact) mass is 210 g/mol. The summed E-state index contributed by atoms with van der Waals surface area (Å²) in [6.07, 6.45) is 0. The SMILES string of the molecule is CCn1nnc(CS(=O)(=O)Cl)n1. The molecule has 0 radical (unpaired) electrons. The first-order valence-corrected chi connectivity index (χ1v) is 5.68. The van der Waals surface area contributed by atoms with Gasteiger partial charge in [-0.05, 0) is 12.1 Å². The van der Waals surface area contributed by atoms with Crippen LogP contribution in [0.15, 0.2) is 0 Å². The molecule has 12 heavy (non-hydrogen) atoms. The molecule has 0 fully saturated rings. The summed E-state index contributed by atoms with van der Waals surface area (Å²) < 4.78 is 21.1. The molecule has 1 heterocycles. The molecule has 0 bridgehead atoms. The fourth-order valence-electron chi connectivity index (χ4n) is 0.622. The highest BCUT2D eigenvalue weighted by atomic mass is 35.7. The van der Waals surface area contributed by atoms with Crippen LogP contribution < -0.4 is 0 Å². The third kappa shape index (κ3) is 2.74. The Balaban J connectivity index is 2.78. The van der Waals surface area contributed by atoms with Gasteiger partial charge in [-0.25, -0.2) is 8.42 Å². The van der Waals surface area contributed by atoms with E-state index in [-0.39, 0.29) is 11.6 Å². The molecule has 0 saturated heterocycles. The molecule has 0 unspecified atom stereocenters. The minimum Gasteiger partial charge on any atom is -0.212 e. The Morgan fingerprint density at radius 2 is 2.25 bits per heavy atom. The normalized spacial score (nSPS) is 11.8. The summed E-state index contributed by atoms with van der Waals surface area (Å²) in [7, 11) is 1.40. The summed E-state index contributed by atoms with van der Waals surface area (Å²) in [5.41, 5.74) is 0. The lowest BCUT2D eigenvalue weighted by atomic mass is 10.7. The summed E-state index contributed by atoms with van der Waals surface area (Å²) >= 11 is 0. The second-order valence-electron chi connectivity index (χ2n) is 2.08. The van der Waals surface area contributed by atoms with Crippen molar-refractivity contribution in [3.8, 4) is 0 Å². The Morgan fingerprint density at radius 3 is 2.67 bits per heavy atom. The van der Waals surface area contributed by atoms with Gasteiger partial charge in [-0.2, -0.15) is 4.80 Å². The zero-order chi connectivity index (χ0) is 9.19. The average Bonchev–Trinajstić information content (AvgIpc) is 2.32. The van der Waals surface area contributed by atoms with Gasteiger partial charge in [0.1, 0.15) is 5.75 Å². The predicted molar refractivity (Wildman–Crippen MR) is 42.0 cm³/mol. The predicted octanol–water partition coefficient (Wildman–Crippen LogP) is -0.238. The van der Waals surface area contributed by atoms with Crippen molar-refractivity contribution < 1.29 is 8.42 Å². The van der Waals surface area contributed by atoms with Crippen molar-refractivity contribution in [2.45, 2.75) is 19.2 Å². The van der Waals surface area contributed by atoms with Gasteiger partial charge in [-0.15, -0.1) is 10.2 Å². The quantitative estimate of drug-likeness (QED) is 0.644. The number of rotatable bonds is 3. The van der Waals surface area contributed by atoms with E-state index in [4.69, 9.17) is 10.7 Å².